The van der Waals surface area contributed by atoms with Crippen LogP contribution in [0.25, 0.3) is 0 Å². The van der Waals surface area contributed by atoms with Gasteiger partial charge in [-0.15, -0.1) is 0 Å². The Kier molecular flexibility index (Phi) is 4.24. The summed E-state index contributed by atoms with van der Waals surface area (Å²) >= 11 is 0. The van der Waals surface area contributed by atoms with Crippen molar-refractivity contribution in [3.05, 3.63) is 59.7 Å². The second kappa shape index (κ2) is 6.20. The minimum Gasteiger partial charge on any atom is -0.295 e. The van der Waals surface area contributed by atoms with Crippen LogP contribution in [0, 0.1) is 5.92 Å². The zero-order valence-electron chi connectivity index (χ0n) is 13.2. The number of rotatable bonds is 6. The lowest BCUT2D eigenvalue weighted by molar-refractivity contribution is 0.0966. The molecule has 0 aliphatic heterocycles. The van der Waals surface area contributed by atoms with E-state index in [1.165, 1.54) is 25.1 Å². The second-order valence-electron chi connectivity index (χ2n) is 5.91. The lowest BCUT2D eigenvalue weighted by Crippen LogP contribution is -2.13. The van der Waals surface area contributed by atoms with Crippen LogP contribution in [-0.4, -0.2) is 20.0 Å². The number of sulfonamides is 1. The van der Waals surface area contributed by atoms with Crippen molar-refractivity contribution >= 4 is 27.3 Å². The number of hydrogen-bond acceptors (Lipinski definition) is 4. The first kappa shape index (κ1) is 16.4. The number of hydrogen-bond donors (Lipinski definition) is 1. The predicted molar refractivity (Wildman–Crippen MR) is 90.8 cm³/mol. The molecule has 3 rings (SSSR count). The third kappa shape index (κ3) is 3.54. The van der Waals surface area contributed by atoms with Crippen molar-refractivity contribution in [2.45, 2.75) is 24.7 Å². The number of benzene rings is 2. The van der Waals surface area contributed by atoms with Gasteiger partial charge in [-0.2, -0.15) is 0 Å². The number of carbonyl (C=O) groups is 2. The van der Waals surface area contributed by atoms with Crippen LogP contribution in [0.2, 0.25) is 0 Å². The normalized spacial score (nSPS) is 14.2. The Morgan fingerprint density at radius 3 is 2.25 bits per heavy atom. The molecule has 124 valence electrons. The molecular weight excluding hydrogens is 326 g/mol. The van der Waals surface area contributed by atoms with E-state index in [9.17, 15) is 18.0 Å². The van der Waals surface area contributed by atoms with Crippen molar-refractivity contribution < 1.29 is 18.0 Å². The van der Waals surface area contributed by atoms with Crippen LogP contribution in [0.5, 0.6) is 0 Å². The lowest BCUT2D eigenvalue weighted by Gasteiger charge is -2.09. The van der Waals surface area contributed by atoms with E-state index < -0.39 is 10.0 Å². The van der Waals surface area contributed by atoms with Gasteiger partial charge in [-0.1, -0.05) is 12.1 Å². The summed E-state index contributed by atoms with van der Waals surface area (Å²) in [5, 5.41) is 0. The Bertz CT molecular complexity index is 897. The summed E-state index contributed by atoms with van der Waals surface area (Å²) in [7, 11) is -3.79. The molecule has 0 unspecified atom stereocenters. The minimum absolute atomic E-state index is 0.0216. The molecule has 0 radical (unpaired) electrons. The quantitative estimate of drug-likeness (QED) is 0.816. The molecule has 24 heavy (non-hydrogen) atoms. The molecule has 1 aliphatic rings. The average molecular weight is 343 g/mol. The lowest BCUT2D eigenvalue weighted by atomic mass is 10.1. The summed E-state index contributed by atoms with van der Waals surface area (Å²) < 4.78 is 27.3. The summed E-state index contributed by atoms with van der Waals surface area (Å²) in [6.45, 7) is 1.38. The molecule has 0 atom stereocenters. The standard InChI is InChI=1S/C18H17NO4S/c1-12(20)15-3-2-4-17(11-15)24(22,23)19-16-9-7-14(8-10-16)18(21)13-5-6-13/h2-4,7-11,13,19H,5-6H2,1H3. The fraction of sp³-hybridized carbons (Fsp3) is 0.222. The SMILES string of the molecule is CC(=O)c1cccc(S(=O)(=O)Nc2ccc(C(=O)C3CC3)cc2)c1. The van der Waals surface area contributed by atoms with Crippen LogP contribution < -0.4 is 4.72 Å². The van der Waals surface area contributed by atoms with Gasteiger partial charge in [0.1, 0.15) is 0 Å². The number of anilines is 1. The molecule has 0 aromatic heterocycles. The van der Waals surface area contributed by atoms with Crippen LogP contribution >= 0.6 is 0 Å². The van der Waals surface area contributed by atoms with E-state index in [2.05, 4.69) is 4.72 Å². The molecule has 1 aliphatic carbocycles. The molecule has 0 heterocycles. The number of ketones is 2. The Hall–Kier alpha value is -2.47. The van der Waals surface area contributed by atoms with E-state index in [1.807, 2.05) is 0 Å². The minimum atomic E-state index is -3.79. The smallest absolute Gasteiger partial charge is 0.261 e. The first-order chi connectivity index (χ1) is 11.4. The van der Waals surface area contributed by atoms with Crippen molar-refractivity contribution in [1.82, 2.24) is 0 Å². The molecule has 6 heteroatoms. The summed E-state index contributed by atoms with van der Waals surface area (Å²) in [5.41, 5.74) is 1.30. The Balaban J connectivity index is 1.80. The topological polar surface area (TPSA) is 80.3 Å². The number of nitrogens with one attached hydrogen (secondary N) is 1. The highest BCUT2D eigenvalue weighted by molar-refractivity contribution is 7.92. The van der Waals surface area contributed by atoms with Crippen molar-refractivity contribution in [2.24, 2.45) is 5.92 Å². The largest absolute Gasteiger partial charge is 0.295 e. The Labute approximate surface area is 140 Å². The Morgan fingerprint density at radius 2 is 1.67 bits per heavy atom. The van der Waals surface area contributed by atoms with Gasteiger partial charge in [-0.25, -0.2) is 8.42 Å². The molecule has 1 N–H and O–H groups in total. The van der Waals surface area contributed by atoms with Crippen LogP contribution in [0.4, 0.5) is 5.69 Å². The molecule has 0 saturated heterocycles. The number of Topliss-reactive ketones (excluding diaryl/α,β-unsaturated/α-hetero) is 2. The highest BCUT2D eigenvalue weighted by Gasteiger charge is 2.30. The second-order valence-corrected chi connectivity index (χ2v) is 7.59. The molecule has 1 fully saturated rings. The number of carbonyl (C=O) groups excluding carboxylic acids is 2. The molecule has 0 bridgehead atoms. The molecule has 5 nitrogen and oxygen atoms in total. The van der Waals surface area contributed by atoms with Gasteiger partial charge in [-0.3, -0.25) is 14.3 Å². The van der Waals surface area contributed by atoms with Gasteiger partial charge in [0.2, 0.25) is 0 Å². The highest BCUT2D eigenvalue weighted by Crippen LogP contribution is 2.32. The predicted octanol–water partition coefficient (Wildman–Crippen LogP) is 3.28. The van der Waals surface area contributed by atoms with Crippen LogP contribution in [0.15, 0.2) is 53.4 Å². The van der Waals surface area contributed by atoms with Crippen molar-refractivity contribution in [1.29, 1.82) is 0 Å². The summed E-state index contributed by atoms with van der Waals surface area (Å²) in [5.74, 6) is 0.0374. The molecule has 0 spiro atoms. The van der Waals surface area contributed by atoms with Crippen LogP contribution in [0.1, 0.15) is 40.5 Å². The first-order valence-electron chi connectivity index (χ1n) is 7.65. The molecule has 2 aromatic carbocycles. The fourth-order valence-corrected chi connectivity index (χ4v) is 3.48. The van der Waals surface area contributed by atoms with Gasteiger partial charge in [0.05, 0.1) is 4.90 Å². The summed E-state index contributed by atoms with van der Waals surface area (Å²) in [6.07, 6.45) is 1.86. The van der Waals surface area contributed by atoms with Crippen LogP contribution in [0.3, 0.4) is 0 Å². The monoisotopic (exact) mass is 343 g/mol. The van der Waals surface area contributed by atoms with Crippen molar-refractivity contribution in [2.75, 3.05) is 4.72 Å². The maximum Gasteiger partial charge on any atom is 0.261 e. The van der Waals surface area contributed by atoms with E-state index in [0.717, 1.165) is 12.8 Å². The van der Waals surface area contributed by atoms with Gasteiger partial charge in [-0.05, 0) is 56.2 Å². The third-order valence-electron chi connectivity index (χ3n) is 3.92. The Morgan fingerprint density at radius 1 is 1.00 bits per heavy atom. The average Bonchev–Trinajstić information content (AvgIpc) is 3.39. The first-order valence-corrected chi connectivity index (χ1v) is 9.13. The summed E-state index contributed by atoms with van der Waals surface area (Å²) in [6, 6.07) is 12.3. The van der Waals surface area contributed by atoms with Crippen LogP contribution in [-0.2, 0) is 10.0 Å². The zero-order chi connectivity index (χ0) is 17.3. The molecular formula is C18H17NO4S. The van der Waals surface area contributed by atoms with E-state index in [4.69, 9.17) is 0 Å². The van der Waals surface area contributed by atoms with Gasteiger partial charge < -0.3 is 0 Å². The van der Waals surface area contributed by atoms with E-state index in [1.54, 1.807) is 30.3 Å². The zero-order valence-corrected chi connectivity index (χ0v) is 14.0. The highest BCUT2D eigenvalue weighted by atomic mass is 32.2. The van der Waals surface area contributed by atoms with Gasteiger partial charge >= 0.3 is 0 Å². The van der Waals surface area contributed by atoms with Gasteiger partial charge in [0.25, 0.3) is 10.0 Å². The van der Waals surface area contributed by atoms with Gasteiger partial charge in [0.15, 0.2) is 11.6 Å². The maximum absolute atomic E-state index is 12.4. The van der Waals surface area contributed by atoms with E-state index >= 15 is 0 Å². The fourth-order valence-electron chi connectivity index (χ4n) is 2.38. The molecule has 0 amide bonds. The van der Waals surface area contributed by atoms with Crippen molar-refractivity contribution in [3.8, 4) is 0 Å². The molecule has 2 aromatic rings. The van der Waals surface area contributed by atoms with E-state index in [0.29, 0.717) is 16.8 Å². The summed E-state index contributed by atoms with van der Waals surface area (Å²) in [4.78, 5) is 23.4. The maximum atomic E-state index is 12.4. The molecule has 1 saturated carbocycles. The van der Waals surface area contributed by atoms with Crippen molar-refractivity contribution in [3.63, 3.8) is 0 Å². The van der Waals surface area contributed by atoms with Gasteiger partial charge in [0, 0.05) is 22.7 Å². The van der Waals surface area contributed by atoms with E-state index in [-0.39, 0.29) is 22.4 Å². The third-order valence-corrected chi connectivity index (χ3v) is 5.30.